The third-order valence-corrected chi connectivity index (χ3v) is 3.53. The van der Waals surface area contributed by atoms with Gasteiger partial charge in [0.1, 0.15) is 4.88 Å². The minimum absolute atomic E-state index is 0.152. The molecule has 6 heteroatoms. The molecule has 2 aromatic rings. The topological polar surface area (TPSA) is 88.2 Å². The van der Waals surface area contributed by atoms with Gasteiger partial charge in [-0.05, 0) is 24.6 Å². The van der Waals surface area contributed by atoms with Crippen molar-refractivity contribution in [2.75, 3.05) is 12.3 Å². The Hall–Kier alpha value is -1.92. The number of aromatic nitrogens is 1. The monoisotopic (exact) mass is 277 g/mol. The van der Waals surface area contributed by atoms with Crippen molar-refractivity contribution in [1.29, 1.82) is 0 Å². The highest BCUT2D eigenvalue weighted by molar-refractivity contribution is 7.13. The van der Waals surface area contributed by atoms with Crippen LogP contribution in [0.2, 0.25) is 0 Å². The Bertz CT molecular complexity index is 566. The van der Waals surface area contributed by atoms with Crippen LogP contribution >= 0.6 is 11.3 Å². The van der Waals surface area contributed by atoms with E-state index in [4.69, 9.17) is 5.73 Å². The number of anilines is 1. The quantitative estimate of drug-likeness (QED) is 0.739. The molecule has 2 rings (SSSR count). The lowest BCUT2D eigenvalue weighted by Crippen LogP contribution is -2.27. The number of aliphatic hydroxyl groups is 1. The number of amides is 1. The zero-order chi connectivity index (χ0) is 13.8. The van der Waals surface area contributed by atoms with Crippen molar-refractivity contribution in [3.63, 3.8) is 0 Å². The van der Waals surface area contributed by atoms with Gasteiger partial charge in [0.05, 0.1) is 17.3 Å². The summed E-state index contributed by atoms with van der Waals surface area (Å²) in [6.45, 7) is 1.99. The maximum absolute atomic E-state index is 11.8. The first-order valence-electron chi connectivity index (χ1n) is 5.80. The summed E-state index contributed by atoms with van der Waals surface area (Å²) in [6, 6.07) is 6.91. The van der Waals surface area contributed by atoms with E-state index in [0.717, 1.165) is 10.6 Å². The third kappa shape index (κ3) is 3.52. The Balaban J connectivity index is 1.91. The fourth-order valence-electron chi connectivity index (χ4n) is 1.58. The van der Waals surface area contributed by atoms with Crippen molar-refractivity contribution in [2.45, 2.75) is 13.0 Å². The molecule has 1 aromatic heterocycles. The highest BCUT2D eigenvalue weighted by atomic mass is 32.1. The average molecular weight is 277 g/mol. The molecule has 0 fully saturated rings. The summed E-state index contributed by atoms with van der Waals surface area (Å²) in [6.07, 6.45) is 0.781. The summed E-state index contributed by atoms with van der Waals surface area (Å²) in [4.78, 5) is 16.3. The van der Waals surface area contributed by atoms with E-state index in [1.165, 1.54) is 17.5 Å². The van der Waals surface area contributed by atoms with Crippen LogP contribution in [0.15, 0.2) is 30.5 Å². The maximum atomic E-state index is 11.8. The minimum Gasteiger partial charge on any atom is -0.399 e. The first-order valence-corrected chi connectivity index (χ1v) is 6.62. The summed E-state index contributed by atoms with van der Waals surface area (Å²) in [5.74, 6) is -0.222. The highest BCUT2D eigenvalue weighted by Crippen LogP contribution is 2.15. The molecule has 0 aliphatic heterocycles. The molecule has 1 amide bonds. The predicted molar refractivity (Wildman–Crippen MR) is 75.0 cm³/mol. The number of nitrogens with one attached hydrogen (secondary N) is 1. The molecule has 1 aromatic carbocycles. The normalized spacial score (nSPS) is 12.1. The molecule has 0 aliphatic carbocycles. The number of benzene rings is 1. The van der Waals surface area contributed by atoms with Gasteiger partial charge >= 0.3 is 0 Å². The lowest BCUT2D eigenvalue weighted by Gasteiger charge is -2.11. The Kier molecular flexibility index (Phi) is 4.13. The van der Waals surface area contributed by atoms with E-state index in [0.29, 0.717) is 10.6 Å². The fourth-order valence-corrected chi connectivity index (χ4v) is 2.27. The highest BCUT2D eigenvalue weighted by Gasteiger charge is 2.12. The number of hydrogen-bond donors (Lipinski definition) is 3. The predicted octanol–water partition coefficient (Wildman–Crippen LogP) is 1.50. The van der Waals surface area contributed by atoms with E-state index < -0.39 is 6.10 Å². The first kappa shape index (κ1) is 13.5. The molecule has 0 bridgehead atoms. The second-order valence-electron chi connectivity index (χ2n) is 4.14. The van der Waals surface area contributed by atoms with Crippen LogP contribution in [-0.4, -0.2) is 22.5 Å². The summed E-state index contributed by atoms with van der Waals surface area (Å²) in [5.41, 5.74) is 6.93. The van der Waals surface area contributed by atoms with Crippen molar-refractivity contribution >= 4 is 22.9 Å². The number of thiazole rings is 1. The largest absolute Gasteiger partial charge is 0.399 e. The molecule has 4 N–H and O–H groups in total. The number of rotatable bonds is 4. The fraction of sp³-hybridized carbons (Fsp3) is 0.231. The van der Waals surface area contributed by atoms with E-state index in [-0.39, 0.29) is 12.5 Å². The van der Waals surface area contributed by atoms with Crippen LogP contribution < -0.4 is 11.1 Å². The molecule has 0 spiro atoms. The van der Waals surface area contributed by atoms with Gasteiger partial charge in [-0.15, -0.1) is 11.3 Å². The van der Waals surface area contributed by atoms with Crippen molar-refractivity contribution in [3.8, 4) is 0 Å². The number of nitrogens with zero attached hydrogens (tertiary/aromatic N) is 1. The van der Waals surface area contributed by atoms with Crippen LogP contribution in [0.5, 0.6) is 0 Å². The van der Waals surface area contributed by atoms with Crippen LogP contribution in [0.3, 0.4) is 0 Å². The standard InChI is InChI=1S/C13H15N3O2S/c1-8-15-7-12(19-8)13(18)16-6-11(17)9-2-4-10(14)5-3-9/h2-5,7,11,17H,6,14H2,1H3,(H,16,18). The van der Waals surface area contributed by atoms with Gasteiger partial charge in [0, 0.05) is 12.2 Å². The van der Waals surface area contributed by atoms with Crippen molar-refractivity contribution in [1.82, 2.24) is 10.3 Å². The van der Waals surface area contributed by atoms with Gasteiger partial charge in [-0.25, -0.2) is 4.98 Å². The van der Waals surface area contributed by atoms with Gasteiger partial charge in [-0.1, -0.05) is 12.1 Å². The second kappa shape index (κ2) is 5.81. The number of nitrogen functional groups attached to an aromatic ring is 1. The van der Waals surface area contributed by atoms with Gasteiger partial charge in [0.25, 0.3) is 5.91 Å². The first-order chi connectivity index (χ1) is 9.06. The van der Waals surface area contributed by atoms with Gasteiger partial charge in [-0.3, -0.25) is 4.79 Å². The third-order valence-electron chi connectivity index (χ3n) is 2.62. The van der Waals surface area contributed by atoms with Crippen LogP contribution in [0, 0.1) is 6.92 Å². The Labute approximate surface area is 115 Å². The molecular formula is C13H15N3O2S. The van der Waals surface area contributed by atoms with Crippen LogP contribution in [0.1, 0.15) is 26.3 Å². The molecule has 100 valence electrons. The summed E-state index contributed by atoms with van der Waals surface area (Å²) in [7, 11) is 0. The molecule has 0 aliphatic rings. The molecular weight excluding hydrogens is 262 g/mol. The molecule has 0 saturated carbocycles. The van der Waals surface area contributed by atoms with E-state index in [2.05, 4.69) is 10.3 Å². The number of carbonyl (C=O) groups is 1. The van der Waals surface area contributed by atoms with Gasteiger partial charge in [0.2, 0.25) is 0 Å². The number of carbonyl (C=O) groups excluding carboxylic acids is 1. The molecule has 0 saturated heterocycles. The number of aryl methyl sites for hydroxylation is 1. The van der Waals surface area contributed by atoms with Crippen LogP contribution in [0.4, 0.5) is 5.69 Å². The number of aliphatic hydroxyl groups excluding tert-OH is 1. The Morgan fingerprint density at radius 1 is 1.47 bits per heavy atom. The Morgan fingerprint density at radius 2 is 2.16 bits per heavy atom. The smallest absolute Gasteiger partial charge is 0.263 e. The molecule has 1 atom stereocenters. The molecule has 1 unspecified atom stereocenters. The average Bonchev–Trinajstić information content (AvgIpc) is 2.83. The van der Waals surface area contributed by atoms with E-state index in [1.54, 1.807) is 24.3 Å². The van der Waals surface area contributed by atoms with Crippen LogP contribution in [-0.2, 0) is 0 Å². The van der Waals surface area contributed by atoms with Crippen molar-refractivity contribution in [2.24, 2.45) is 0 Å². The maximum Gasteiger partial charge on any atom is 0.263 e. The van der Waals surface area contributed by atoms with Gasteiger partial charge in [-0.2, -0.15) is 0 Å². The SMILES string of the molecule is Cc1ncc(C(=O)NCC(O)c2ccc(N)cc2)s1. The van der Waals surface area contributed by atoms with E-state index in [1.807, 2.05) is 6.92 Å². The van der Waals surface area contributed by atoms with Gasteiger partial charge < -0.3 is 16.2 Å². The summed E-state index contributed by atoms with van der Waals surface area (Å²) >= 11 is 1.32. The lowest BCUT2D eigenvalue weighted by atomic mass is 10.1. The summed E-state index contributed by atoms with van der Waals surface area (Å²) in [5, 5.41) is 13.5. The molecule has 0 radical (unpaired) electrons. The van der Waals surface area contributed by atoms with E-state index in [9.17, 15) is 9.90 Å². The molecule has 5 nitrogen and oxygen atoms in total. The zero-order valence-corrected chi connectivity index (χ0v) is 11.3. The Morgan fingerprint density at radius 3 is 2.74 bits per heavy atom. The van der Waals surface area contributed by atoms with Crippen LogP contribution in [0.25, 0.3) is 0 Å². The lowest BCUT2D eigenvalue weighted by molar-refractivity contribution is 0.0920. The van der Waals surface area contributed by atoms with Crippen molar-refractivity contribution < 1.29 is 9.90 Å². The number of nitrogens with two attached hydrogens (primary N) is 1. The molecule has 19 heavy (non-hydrogen) atoms. The second-order valence-corrected chi connectivity index (χ2v) is 5.37. The van der Waals surface area contributed by atoms with Crippen molar-refractivity contribution in [3.05, 3.63) is 45.9 Å². The molecule has 1 heterocycles. The number of hydrogen-bond acceptors (Lipinski definition) is 5. The van der Waals surface area contributed by atoms with Gasteiger partial charge in [0.15, 0.2) is 0 Å². The zero-order valence-electron chi connectivity index (χ0n) is 10.5. The van der Waals surface area contributed by atoms with E-state index >= 15 is 0 Å². The summed E-state index contributed by atoms with van der Waals surface area (Å²) < 4.78 is 0. The minimum atomic E-state index is -0.751.